The number of carbonyl (C=O) groups is 1. The molecule has 2 rings (SSSR count). The van der Waals surface area contributed by atoms with Gasteiger partial charge in [0.15, 0.2) is 0 Å². The highest BCUT2D eigenvalue weighted by atomic mass is 35.5. The van der Waals surface area contributed by atoms with Gasteiger partial charge in [0.05, 0.1) is 17.0 Å². The van der Waals surface area contributed by atoms with Crippen LogP contribution in [0.15, 0.2) is 42.5 Å². The first-order chi connectivity index (χ1) is 12.2. The minimum Gasteiger partial charge on any atom is -0.352 e. The number of aryl methyl sites for hydroxylation is 1. The molecule has 1 N–H and O–H groups in total. The Balaban J connectivity index is 2.00. The molecule has 0 aliphatic heterocycles. The van der Waals surface area contributed by atoms with Gasteiger partial charge in [-0.15, -0.1) is 0 Å². The molecule has 0 fully saturated rings. The van der Waals surface area contributed by atoms with Crippen molar-refractivity contribution in [2.45, 2.75) is 19.9 Å². The molecule has 0 atom stereocenters. The number of benzene rings is 2. The lowest BCUT2D eigenvalue weighted by atomic mass is 10.1. The first kappa shape index (κ1) is 20.2. The summed E-state index contributed by atoms with van der Waals surface area (Å²) in [5, 5.41) is 2.58. The van der Waals surface area contributed by atoms with Crippen LogP contribution in [0.4, 0.5) is 10.1 Å². The zero-order chi connectivity index (χ0) is 19.3. The van der Waals surface area contributed by atoms with E-state index in [-0.39, 0.29) is 29.6 Å². The fourth-order valence-corrected chi connectivity index (χ4v) is 3.54. The van der Waals surface area contributed by atoms with Crippen LogP contribution in [0.3, 0.4) is 0 Å². The zero-order valence-corrected chi connectivity index (χ0v) is 16.1. The normalized spacial score (nSPS) is 11.2. The molecule has 0 aromatic heterocycles. The predicted octanol–water partition coefficient (Wildman–Crippen LogP) is 3.26. The maximum atomic E-state index is 13.3. The SMILES string of the molecule is Cc1cccc(CNC(=O)CCN(c2ccc(F)c(Cl)c2)S(C)(=O)=O)c1. The molecule has 0 bridgehead atoms. The van der Waals surface area contributed by atoms with Gasteiger partial charge in [-0.1, -0.05) is 41.4 Å². The highest BCUT2D eigenvalue weighted by Crippen LogP contribution is 2.24. The Labute approximate surface area is 157 Å². The van der Waals surface area contributed by atoms with Crippen molar-refractivity contribution in [2.75, 3.05) is 17.1 Å². The molecule has 8 heteroatoms. The molecule has 26 heavy (non-hydrogen) atoms. The summed E-state index contributed by atoms with van der Waals surface area (Å²) in [6.45, 7) is 2.26. The molecule has 140 valence electrons. The van der Waals surface area contributed by atoms with E-state index in [1.54, 1.807) is 0 Å². The molecular formula is C18H20ClFN2O3S. The van der Waals surface area contributed by atoms with E-state index in [0.29, 0.717) is 6.54 Å². The minimum absolute atomic E-state index is 0.0338. The number of halogens is 2. The van der Waals surface area contributed by atoms with Gasteiger partial charge in [0, 0.05) is 19.5 Å². The number of carbonyl (C=O) groups excluding carboxylic acids is 1. The van der Waals surface area contributed by atoms with E-state index in [1.165, 1.54) is 12.1 Å². The van der Waals surface area contributed by atoms with Crippen molar-refractivity contribution < 1.29 is 17.6 Å². The van der Waals surface area contributed by atoms with Crippen molar-refractivity contribution in [3.8, 4) is 0 Å². The van der Waals surface area contributed by atoms with Gasteiger partial charge in [0.1, 0.15) is 5.82 Å². The Morgan fingerprint density at radius 1 is 1.23 bits per heavy atom. The summed E-state index contributed by atoms with van der Waals surface area (Å²) in [5.41, 5.74) is 2.27. The van der Waals surface area contributed by atoms with Gasteiger partial charge in [-0.3, -0.25) is 9.10 Å². The number of hydrogen-bond acceptors (Lipinski definition) is 3. The fraction of sp³-hybridized carbons (Fsp3) is 0.278. The third-order valence-corrected chi connectivity index (χ3v) is 5.19. The topological polar surface area (TPSA) is 66.5 Å². The molecule has 0 heterocycles. The van der Waals surface area contributed by atoms with E-state index in [0.717, 1.165) is 27.8 Å². The Bertz CT molecular complexity index is 903. The third kappa shape index (κ3) is 5.71. The second kappa shape index (κ2) is 8.51. The van der Waals surface area contributed by atoms with Gasteiger partial charge in [0.25, 0.3) is 0 Å². The number of hydrogen-bond donors (Lipinski definition) is 1. The third-order valence-electron chi connectivity index (χ3n) is 3.71. The van der Waals surface area contributed by atoms with E-state index in [1.807, 2.05) is 31.2 Å². The molecule has 1 amide bonds. The molecule has 0 saturated heterocycles. The second-order valence-corrected chi connectivity index (χ2v) is 8.26. The summed E-state index contributed by atoms with van der Waals surface area (Å²) in [7, 11) is -3.64. The van der Waals surface area contributed by atoms with Crippen LogP contribution in [0, 0.1) is 12.7 Å². The number of amides is 1. The predicted molar refractivity (Wildman–Crippen MR) is 101 cm³/mol. The average molecular weight is 399 g/mol. The van der Waals surface area contributed by atoms with Crippen LogP contribution in [0.1, 0.15) is 17.5 Å². The molecule has 0 radical (unpaired) electrons. The smallest absolute Gasteiger partial charge is 0.232 e. The van der Waals surface area contributed by atoms with Crippen LogP contribution in [0.5, 0.6) is 0 Å². The zero-order valence-electron chi connectivity index (χ0n) is 14.5. The molecular weight excluding hydrogens is 379 g/mol. The van der Waals surface area contributed by atoms with E-state index >= 15 is 0 Å². The van der Waals surface area contributed by atoms with Crippen molar-refractivity contribution in [3.63, 3.8) is 0 Å². The van der Waals surface area contributed by atoms with E-state index in [2.05, 4.69) is 5.32 Å². The largest absolute Gasteiger partial charge is 0.352 e. The monoisotopic (exact) mass is 398 g/mol. The van der Waals surface area contributed by atoms with Crippen molar-refractivity contribution in [1.82, 2.24) is 5.32 Å². The summed E-state index contributed by atoms with van der Waals surface area (Å²) in [4.78, 5) is 12.1. The molecule has 5 nitrogen and oxygen atoms in total. The highest BCUT2D eigenvalue weighted by Gasteiger charge is 2.19. The molecule has 0 spiro atoms. The van der Waals surface area contributed by atoms with Crippen molar-refractivity contribution in [1.29, 1.82) is 0 Å². The molecule has 0 saturated carbocycles. The minimum atomic E-state index is -3.64. The van der Waals surface area contributed by atoms with Gasteiger partial charge < -0.3 is 5.32 Å². The summed E-state index contributed by atoms with van der Waals surface area (Å²) >= 11 is 5.73. The van der Waals surface area contributed by atoms with Gasteiger partial charge in [-0.05, 0) is 30.7 Å². The maximum absolute atomic E-state index is 13.3. The average Bonchev–Trinajstić information content (AvgIpc) is 2.55. The van der Waals surface area contributed by atoms with E-state index in [4.69, 9.17) is 11.6 Å². The van der Waals surface area contributed by atoms with Crippen LogP contribution in [0.2, 0.25) is 5.02 Å². The van der Waals surface area contributed by atoms with E-state index in [9.17, 15) is 17.6 Å². The Morgan fingerprint density at radius 3 is 2.58 bits per heavy atom. The number of rotatable bonds is 7. The molecule has 2 aromatic rings. The summed E-state index contributed by atoms with van der Waals surface area (Å²) in [6.07, 6.45) is 0.989. The van der Waals surface area contributed by atoms with Gasteiger partial charge in [0.2, 0.25) is 15.9 Å². The van der Waals surface area contributed by atoms with Crippen molar-refractivity contribution in [3.05, 3.63) is 64.4 Å². The van der Waals surface area contributed by atoms with Gasteiger partial charge in [-0.2, -0.15) is 0 Å². The Hall–Kier alpha value is -2.12. The molecule has 2 aromatic carbocycles. The highest BCUT2D eigenvalue weighted by molar-refractivity contribution is 7.92. The van der Waals surface area contributed by atoms with E-state index < -0.39 is 15.8 Å². The van der Waals surface area contributed by atoms with Crippen LogP contribution >= 0.6 is 11.6 Å². The Kier molecular flexibility index (Phi) is 6.61. The number of anilines is 1. The molecule has 0 aliphatic carbocycles. The van der Waals surface area contributed by atoms with Crippen LogP contribution in [0.25, 0.3) is 0 Å². The van der Waals surface area contributed by atoms with Gasteiger partial charge >= 0.3 is 0 Å². The lowest BCUT2D eigenvalue weighted by Gasteiger charge is -2.22. The van der Waals surface area contributed by atoms with Crippen LogP contribution < -0.4 is 9.62 Å². The Morgan fingerprint density at radius 2 is 1.96 bits per heavy atom. The standard InChI is InChI=1S/C18H20ClFN2O3S/c1-13-4-3-5-14(10-13)12-21-18(23)8-9-22(26(2,24)25)15-6-7-17(20)16(19)11-15/h3-7,10-11H,8-9,12H2,1-2H3,(H,21,23). The second-order valence-electron chi connectivity index (χ2n) is 5.95. The first-order valence-electron chi connectivity index (χ1n) is 7.92. The molecule has 0 aliphatic rings. The number of sulfonamides is 1. The lowest BCUT2D eigenvalue weighted by molar-refractivity contribution is -0.121. The molecule has 0 unspecified atom stereocenters. The maximum Gasteiger partial charge on any atom is 0.232 e. The summed E-state index contributed by atoms with van der Waals surface area (Å²) in [5.74, 6) is -0.923. The first-order valence-corrected chi connectivity index (χ1v) is 10.1. The quantitative estimate of drug-likeness (QED) is 0.778. The van der Waals surface area contributed by atoms with Crippen LogP contribution in [-0.4, -0.2) is 27.1 Å². The van der Waals surface area contributed by atoms with Crippen LogP contribution in [-0.2, 0) is 21.4 Å². The number of nitrogens with one attached hydrogen (secondary N) is 1. The van der Waals surface area contributed by atoms with Crippen molar-refractivity contribution in [2.24, 2.45) is 0 Å². The summed E-state index contributed by atoms with van der Waals surface area (Å²) in [6, 6.07) is 11.4. The van der Waals surface area contributed by atoms with Crippen molar-refractivity contribution >= 4 is 33.2 Å². The van der Waals surface area contributed by atoms with Gasteiger partial charge in [-0.25, -0.2) is 12.8 Å². The fourth-order valence-electron chi connectivity index (χ4n) is 2.44. The number of nitrogens with zero attached hydrogens (tertiary/aromatic N) is 1. The summed E-state index contributed by atoms with van der Waals surface area (Å²) < 4.78 is 38.4. The lowest BCUT2D eigenvalue weighted by Crippen LogP contribution is -2.34.